The summed E-state index contributed by atoms with van der Waals surface area (Å²) in [6.45, 7) is 1.41. The van der Waals surface area contributed by atoms with E-state index in [1.165, 1.54) is 7.11 Å². The number of rotatable bonds is 2. The van der Waals surface area contributed by atoms with Crippen LogP contribution in [0, 0.1) is 0 Å². The lowest BCUT2D eigenvalue weighted by atomic mass is 9.96. The molecule has 0 amide bonds. The third-order valence-electron chi connectivity index (χ3n) is 2.38. The number of ether oxygens (including phenoxy) is 2. The van der Waals surface area contributed by atoms with Crippen molar-refractivity contribution in [1.82, 2.24) is 0 Å². The van der Waals surface area contributed by atoms with Crippen molar-refractivity contribution in [2.75, 3.05) is 13.7 Å². The maximum absolute atomic E-state index is 9.54. The van der Waals surface area contributed by atoms with Crippen molar-refractivity contribution in [3.63, 3.8) is 0 Å². The van der Waals surface area contributed by atoms with E-state index in [4.69, 9.17) is 14.6 Å². The molecule has 5 heteroatoms. The summed E-state index contributed by atoms with van der Waals surface area (Å²) in [5.74, 6) is 0. The summed E-state index contributed by atoms with van der Waals surface area (Å²) >= 11 is 0. The van der Waals surface area contributed by atoms with E-state index >= 15 is 0 Å². The summed E-state index contributed by atoms with van der Waals surface area (Å²) in [5.41, 5.74) is 0. The molecule has 5 atom stereocenters. The molecular weight excluding hydrogens is 176 g/mol. The molecule has 78 valence electrons. The highest BCUT2D eigenvalue weighted by Gasteiger charge is 2.42. The van der Waals surface area contributed by atoms with Gasteiger partial charge in [0.25, 0.3) is 0 Å². The molecule has 0 aliphatic carbocycles. The van der Waals surface area contributed by atoms with Crippen LogP contribution in [0.5, 0.6) is 0 Å². The second-order valence-corrected chi connectivity index (χ2v) is 3.24. The minimum atomic E-state index is -1.01. The van der Waals surface area contributed by atoms with E-state index in [1.807, 2.05) is 0 Å². The van der Waals surface area contributed by atoms with E-state index in [-0.39, 0.29) is 6.61 Å². The molecule has 0 aromatic rings. The fourth-order valence-electron chi connectivity index (χ4n) is 1.56. The minimum absolute atomic E-state index is 0.230. The SMILES string of the molecule is CO[C@@H]1C(CO)OC(C)C(O)C1O. The van der Waals surface area contributed by atoms with E-state index in [1.54, 1.807) is 6.92 Å². The van der Waals surface area contributed by atoms with Crippen LogP contribution in [0.1, 0.15) is 6.92 Å². The van der Waals surface area contributed by atoms with Crippen molar-refractivity contribution in [3.05, 3.63) is 0 Å². The average Bonchev–Trinajstić information content (AvgIpc) is 2.13. The zero-order valence-corrected chi connectivity index (χ0v) is 7.75. The number of aliphatic hydroxyl groups is 3. The predicted octanol–water partition coefficient (Wildman–Crippen LogP) is -1.50. The zero-order chi connectivity index (χ0) is 10.0. The molecule has 0 radical (unpaired) electrons. The molecule has 4 unspecified atom stereocenters. The summed E-state index contributed by atoms with van der Waals surface area (Å²) in [6, 6.07) is 0. The monoisotopic (exact) mass is 192 g/mol. The predicted molar refractivity (Wildman–Crippen MR) is 44.2 cm³/mol. The van der Waals surface area contributed by atoms with Gasteiger partial charge in [-0.05, 0) is 6.92 Å². The molecular formula is C8H16O5. The Bertz CT molecular complexity index is 161. The molecule has 3 N–H and O–H groups in total. The molecule has 1 rings (SSSR count). The van der Waals surface area contributed by atoms with Gasteiger partial charge in [0, 0.05) is 7.11 Å². The summed E-state index contributed by atoms with van der Waals surface area (Å²) in [6.07, 6.45) is -3.70. The molecule has 0 bridgehead atoms. The van der Waals surface area contributed by atoms with Crippen LogP contribution in [0.25, 0.3) is 0 Å². The Morgan fingerprint density at radius 1 is 1.31 bits per heavy atom. The molecule has 0 aromatic carbocycles. The fourth-order valence-corrected chi connectivity index (χ4v) is 1.56. The Kier molecular flexibility index (Phi) is 3.63. The smallest absolute Gasteiger partial charge is 0.114 e. The van der Waals surface area contributed by atoms with E-state index < -0.39 is 30.5 Å². The summed E-state index contributed by atoms with van der Waals surface area (Å²) in [5, 5.41) is 27.9. The standard InChI is InChI=1S/C8H16O5/c1-4-6(10)7(11)8(12-2)5(3-9)13-4/h4-11H,3H2,1-2H3/t4?,5?,6?,7?,8-/m1/s1. The molecule has 1 saturated heterocycles. The van der Waals surface area contributed by atoms with E-state index in [0.29, 0.717) is 0 Å². The van der Waals surface area contributed by atoms with Crippen LogP contribution in [0.15, 0.2) is 0 Å². The van der Waals surface area contributed by atoms with E-state index in [9.17, 15) is 10.2 Å². The van der Waals surface area contributed by atoms with Gasteiger partial charge in [0.1, 0.15) is 24.4 Å². The second-order valence-electron chi connectivity index (χ2n) is 3.24. The van der Waals surface area contributed by atoms with Crippen molar-refractivity contribution in [1.29, 1.82) is 0 Å². The zero-order valence-electron chi connectivity index (χ0n) is 7.75. The van der Waals surface area contributed by atoms with Gasteiger partial charge in [-0.3, -0.25) is 0 Å². The summed E-state index contributed by atoms with van der Waals surface area (Å²) < 4.78 is 10.2. The lowest BCUT2D eigenvalue weighted by molar-refractivity contribution is -0.231. The first-order valence-corrected chi connectivity index (χ1v) is 4.27. The summed E-state index contributed by atoms with van der Waals surface area (Å²) in [7, 11) is 1.41. The third kappa shape index (κ3) is 2.00. The Morgan fingerprint density at radius 3 is 2.38 bits per heavy atom. The van der Waals surface area contributed by atoms with Crippen molar-refractivity contribution in [2.45, 2.75) is 37.4 Å². The first-order valence-electron chi connectivity index (χ1n) is 4.27. The van der Waals surface area contributed by atoms with Crippen LogP contribution >= 0.6 is 0 Å². The van der Waals surface area contributed by atoms with Crippen molar-refractivity contribution in [2.24, 2.45) is 0 Å². The molecule has 1 fully saturated rings. The molecule has 5 nitrogen and oxygen atoms in total. The largest absolute Gasteiger partial charge is 0.394 e. The van der Waals surface area contributed by atoms with Crippen LogP contribution in [0.4, 0.5) is 0 Å². The lowest BCUT2D eigenvalue weighted by Gasteiger charge is -2.40. The van der Waals surface area contributed by atoms with Gasteiger partial charge in [0.15, 0.2) is 0 Å². The van der Waals surface area contributed by atoms with Gasteiger partial charge in [-0.2, -0.15) is 0 Å². The Hall–Kier alpha value is -0.200. The number of methoxy groups -OCH3 is 1. The first-order chi connectivity index (χ1) is 6.11. The van der Waals surface area contributed by atoms with Gasteiger partial charge < -0.3 is 24.8 Å². The van der Waals surface area contributed by atoms with Crippen LogP contribution < -0.4 is 0 Å². The van der Waals surface area contributed by atoms with E-state index in [0.717, 1.165) is 0 Å². The molecule has 1 heterocycles. The molecule has 0 saturated carbocycles. The lowest BCUT2D eigenvalue weighted by Crippen LogP contribution is -2.58. The van der Waals surface area contributed by atoms with E-state index in [2.05, 4.69) is 0 Å². The molecule has 0 spiro atoms. The van der Waals surface area contributed by atoms with Crippen LogP contribution in [0.3, 0.4) is 0 Å². The van der Waals surface area contributed by atoms with Gasteiger partial charge in [-0.1, -0.05) is 0 Å². The molecule has 0 aromatic heterocycles. The van der Waals surface area contributed by atoms with Crippen molar-refractivity contribution < 1.29 is 24.8 Å². The Morgan fingerprint density at radius 2 is 1.92 bits per heavy atom. The Balaban J connectivity index is 2.69. The first kappa shape index (κ1) is 10.9. The normalized spacial score (nSPS) is 46.4. The van der Waals surface area contributed by atoms with Gasteiger partial charge in [-0.15, -0.1) is 0 Å². The maximum Gasteiger partial charge on any atom is 0.114 e. The fraction of sp³-hybridized carbons (Fsp3) is 1.00. The molecule has 13 heavy (non-hydrogen) atoms. The number of aliphatic hydroxyl groups excluding tert-OH is 3. The van der Waals surface area contributed by atoms with Gasteiger partial charge in [0.2, 0.25) is 0 Å². The van der Waals surface area contributed by atoms with Gasteiger partial charge >= 0.3 is 0 Å². The molecule has 1 aliphatic heterocycles. The maximum atomic E-state index is 9.54. The van der Waals surface area contributed by atoms with Crippen LogP contribution in [-0.4, -0.2) is 59.6 Å². The minimum Gasteiger partial charge on any atom is -0.394 e. The average molecular weight is 192 g/mol. The highest BCUT2D eigenvalue weighted by molar-refractivity contribution is 4.91. The number of hydrogen-bond acceptors (Lipinski definition) is 5. The Labute approximate surface area is 76.9 Å². The van der Waals surface area contributed by atoms with Crippen molar-refractivity contribution >= 4 is 0 Å². The molecule has 1 aliphatic rings. The van der Waals surface area contributed by atoms with Gasteiger partial charge in [0.05, 0.1) is 12.7 Å². The van der Waals surface area contributed by atoms with Crippen LogP contribution in [-0.2, 0) is 9.47 Å². The van der Waals surface area contributed by atoms with Crippen molar-refractivity contribution in [3.8, 4) is 0 Å². The third-order valence-corrected chi connectivity index (χ3v) is 2.38. The summed E-state index contributed by atoms with van der Waals surface area (Å²) in [4.78, 5) is 0. The second kappa shape index (κ2) is 4.34. The number of hydrogen-bond donors (Lipinski definition) is 3. The van der Waals surface area contributed by atoms with Crippen LogP contribution in [0.2, 0.25) is 0 Å². The highest BCUT2D eigenvalue weighted by Crippen LogP contribution is 2.22. The quantitative estimate of drug-likeness (QED) is 0.496. The topological polar surface area (TPSA) is 79.2 Å². The van der Waals surface area contributed by atoms with Gasteiger partial charge in [-0.25, -0.2) is 0 Å². The highest BCUT2D eigenvalue weighted by atomic mass is 16.6.